The number of hydrogen-bond donors (Lipinski definition) is 2. The summed E-state index contributed by atoms with van der Waals surface area (Å²) in [5, 5.41) is 12.9. The van der Waals surface area contributed by atoms with Gasteiger partial charge in [-0.15, -0.1) is 0 Å². The van der Waals surface area contributed by atoms with E-state index in [0.29, 0.717) is 6.54 Å². The van der Waals surface area contributed by atoms with Crippen molar-refractivity contribution < 1.29 is 9.90 Å². The first kappa shape index (κ1) is 14.4. The topological polar surface area (TPSA) is 49.3 Å². The van der Waals surface area contributed by atoms with Gasteiger partial charge >= 0.3 is 0 Å². The maximum absolute atomic E-state index is 11.6. The molecule has 0 aromatic heterocycles. The van der Waals surface area contributed by atoms with Crippen LogP contribution < -0.4 is 5.32 Å². The number of hydrogen-bond acceptors (Lipinski definition) is 2. The average Bonchev–Trinajstić information content (AvgIpc) is 2.11. The molecule has 0 fully saturated rings. The van der Waals surface area contributed by atoms with Crippen molar-refractivity contribution >= 4 is 5.91 Å². The van der Waals surface area contributed by atoms with Crippen molar-refractivity contribution in [2.75, 3.05) is 6.54 Å². The molecule has 0 saturated carbocycles. The molecule has 0 aromatic rings. The van der Waals surface area contributed by atoms with E-state index in [0.717, 1.165) is 6.42 Å². The van der Waals surface area contributed by atoms with Gasteiger partial charge in [0.25, 0.3) is 0 Å². The van der Waals surface area contributed by atoms with Gasteiger partial charge in [-0.05, 0) is 12.8 Å². The highest BCUT2D eigenvalue weighted by molar-refractivity contribution is 5.81. The summed E-state index contributed by atoms with van der Waals surface area (Å²) in [6.07, 6.45) is 0.901. The molecule has 0 aliphatic heterocycles. The fraction of sp³-hybridized carbons (Fsp3) is 0.917. The zero-order valence-corrected chi connectivity index (χ0v) is 10.8. The molecule has 0 aliphatic carbocycles. The highest BCUT2D eigenvalue weighted by atomic mass is 16.3. The fourth-order valence-electron chi connectivity index (χ4n) is 1.14. The quantitative estimate of drug-likeness (QED) is 0.753. The van der Waals surface area contributed by atoms with Gasteiger partial charge < -0.3 is 10.4 Å². The van der Waals surface area contributed by atoms with Crippen LogP contribution in [-0.4, -0.2) is 23.2 Å². The van der Waals surface area contributed by atoms with Gasteiger partial charge in [-0.2, -0.15) is 0 Å². The van der Waals surface area contributed by atoms with Crippen molar-refractivity contribution in [2.24, 2.45) is 11.3 Å². The van der Waals surface area contributed by atoms with Gasteiger partial charge in [0.05, 0.1) is 5.60 Å². The van der Waals surface area contributed by atoms with Crippen LogP contribution in [0.1, 0.15) is 48.0 Å². The van der Waals surface area contributed by atoms with Crippen molar-refractivity contribution in [3.8, 4) is 0 Å². The lowest BCUT2D eigenvalue weighted by molar-refractivity contribution is -0.130. The molecule has 15 heavy (non-hydrogen) atoms. The van der Waals surface area contributed by atoms with Crippen molar-refractivity contribution in [2.45, 2.75) is 53.6 Å². The monoisotopic (exact) mass is 215 g/mol. The third-order valence-corrected chi connectivity index (χ3v) is 2.96. The zero-order chi connectivity index (χ0) is 12.3. The molecule has 0 aliphatic rings. The van der Waals surface area contributed by atoms with Crippen molar-refractivity contribution in [1.29, 1.82) is 0 Å². The summed E-state index contributed by atoms with van der Waals surface area (Å²) < 4.78 is 0. The van der Waals surface area contributed by atoms with Gasteiger partial charge in [0.1, 0.15) is 0 Å². The summed E-state index contributed by atoms with van der Waals surface area (Å²) >= 11 is 0. The molecule has 2 atom stereocenters. The molecule has 90 valence electrons. The number of aliphatic hydroxyl groups is 1. The van der Waals surface area contributed by atoms with E-state index in [4.69, 9.17) is 0 Å². The molecule has 0 radical (unpaired) electrons. The SMILES string of the molecule is CCC(C)C(C)(O)CNC(=O)C(C)(C)C. The molecule has 2 N–H and O–H groups in total. The second kappa shape index (κ2) is 4.97. The van der Waals surface area contributed by atoms with Gasteiger partial charge in [-0.25, -0.2) is 0 Å². The first-order chi connectivity index (χ1) is 6.61. The van der Waals surface area contributed by atoms with Crippen molar-refractivity contribution in [1.82, 2.24) is 5.32 Å². The van der Waals surface area contributed by atoms with Crippen molar-refractivity contribution in [3.63, 3.8) is 0 Å². The Balaban J connectivity index is 4.22. The maximum Gasteiger partial charge on any atom is 0.225 e. The van der Waals surface area contributed by atoms with Gasteiger partial charge in [0.2, 0.25) is 5.91 Å². The Morgan fingerprint density at radius 2 is 1.80 bits per heavy atom. The van der Waals surface area contributed by atoms with Gasteiger partial charge in [-0.3, -0.25) is 4.79 Å². The van der Waals surface area contributed by atoms with Crippen LogP contribution in [0.3, 0.4) is 0 Å². The van der Waals surface area contributed by atoms with Crippen LogP contribution >= 0.6 is 0 Å². The third kappa shape index (κ3) is 4.65. The number of carbonyl (C=O) groups is 1. The fourth-order valence-corrected chi connectivity index (χ4v) is 1.14. The van der Waals surface area contributed by atoms with Crippen LogP contribution in [0.4, 0.5) is 0 Å². The zero-order valence-electron chi connectivity index (χ0n) is 10.8. The number of carbonyl (C=O) groups excluding carboxylic acids is 1. The van der Waals surface area contributed by atoms with Crippen LogP contribution in [0.2, 0.25) is 0 Å². The Morgan fingerprint density at radius 3 is 2.13 bits per heavy atom. The molecule has 0 rings (SSSR count). The van der Waals surface area contributed by atoms with E-state index in [1.54, 1.807) is 6.92 Å². The first-order valence-electron chi connectivity index (χ1n) is 5.62. The summed E-state index contributed by atoms with van der Waals surface area (Å²) in [6.45, 7) is 11.7. The Kier molecular flexibility index (Phi) is 4.78. The third-order valence-electron chi connectivity index (χ3n) is 2.96. The molecule has 1 amide bonds. The standard InChI is InChI=1S/C12H25NO2/c1-7-9(2)12(6,15)8-13-10(14)11(3,4)5/h9,15H,7-8H2,1-6H3,(H,13,14). The minimum absolute atomic E-state index is 0.0221. The van der Waals surface area contributed by atoms with E-state index >= 15 is 0 Å². The van der Waals surface area contributed by atoms with Crippen LogP contribution in [0.5, 0.6) is 0 Å². The molecule has 0 aromatic carbocycles. The lowest BCUT2D eigenvalue weighted by Crippen LogP contribution is -2.47. The highest BCUT2D eigenvalue weighted by Gasteiger charge is 2.29. The number of rotatable bonds is 4. The van der Waals surface area contributed by atoms with Crippen LogP contribution in [0.25, 0.3) is 0 Å². The lowest BCUT2D eigenvalue weighted by atomic mass is 9.88. The predicted molar refractivity (Wildman–Crippen MR) is 62.5 cm³/mol. The van der Waals surface area contributed by atoms with E-state index < -0.39 is 11.0 Å². The molecule has 0 saturated heterocycles. The normalized spacial score (nSPS) is 18.1. The molecule has 2 unspecified atom stereocenters. The minimum Gasteiger partial charge on any atom is -0.388 e. The summed E-state index contributed by atoms with van der Waals surface area (Å²) in [6, 6.07) is 0. The summed E-state index contributed by atoms with van der Waals surface area (Å²) in [7, 11) is 0. The predicted octanol–water partition coefficient (Wildman–Crippen LogP) is 1.95. The van der Waals surface area contributed by atoms with E-state index in [1.165, 1.54) is 0 Å². The summed E-state index contributed by atoms with van der Waals surface area (Å²) in [4.78, 5) is 11.6. The molecule has 0 spiro atoms. The maximum atomic E-state index is 11.6. The smallest absolute Gasteiger partial charge is 0.225 e. The molecule has 3 nitrogen and oxygen atoms in total. The number of amides is 1. The second-order valence-corrected chi connectivity index (χ2v) is 5.60. The Hall–Kier alpha value is -0.570. The number of nitrogens with one attached hydrogen (secondary N) is 1. The van der Waals surface area contributed by atoms with E-state index in [-0.39, 0.29) is 11.8 Å². The summed E-state index contributed by atoms with van der Waals surface area (Å²) in [5.74, 6) is 0.156. The van der Waals surface area contributed by atoms with Crippen LogP contribution in [0.15, 0.2) is 0 Å². The molecular weight excluding hydrogens is 190 g/mol. The summed E-state index contributed by atoms with van der Waals surface area (Å²) in [5.41, 5.74) is -1.22. The van der Waals surface area contributed by atoms with Crippen LogP contribution in [-0.2, 0) is 4.79 Å². The molecular formula is C12H25NO2. The average molecular weight is 215 g/mol. The molecule has 0 bridgehead atoms. The minimum atomic E-state index is -0.824. The molecule has 0 heterocycles. The van der Waals surface area contributed by atoms with E-state index in [9.17, 15) is 9.90 Å². The molecule has 3 heteroatoms. The van der Waals surface area contributed by atoms with Gasteiger partial charge in [0.15, 0.2) is 0 Å². The Labute approximate surface area is 93.3 Å². The Morgan fingerprint density at radius 1 is 1.33 bits per heavy atom. The largest absolute Gasteiger partial charge is 0.388 e. The van der Waals surface area contributed by atoms with Gasteiger partial charge in [0, 0.05) is 12.0 Å². The lowest BCUT2D eigenvalue weighted by Gasteiger charge is -2.31. The van der Waals surface area contributed by atoms with E-state index in [2.05, 4.69) is 5.32 Å². The highest BCUT2D eigenvalue weighted by Crippen LogP contribution is 2.20. The van der Waals surface area contributed by atoms with Crippen molar-refractivity contribution in [3.05, 3.63) is 0 Å². The second-order valence-electron chi connectivity index (χ2n) is 5.60. The first-order valence-corrected chi connectivity index (χ1v) is 5.62. The van der Waals surface area contributed by atoms with E-state index in [1.807, 2.05) is 34.6 Å². The Bertz CT molecular complexity index is 216. The van der Waals surface area contributed by atoms with Crippen LogP contribution in [0, 0.1) is 11.3 Å². The van der Waals surface area contributed by atoms with Gasteiger partial charge in [-0.1, -0.05) is 41.0 Å².